The van der Waals surface area contributed by atoms with E-state index in [9.17, 15) is 4.79 Å². The number of nitrogens with zero attached hydrogens (tertiary/aromatic N) is 1. The Balaban J connectivity index is 1.99. The Bertz CT molecular complexity index is 378. The molecule has 1 aromatic carbocycles. The number of rotatable bonds is 3. The van der Waals surface area contributed by atoms with Gasteiger partial charge in [0.1, 0.15) is 0 Å². The van der Waals surface area contributed by atoms with Crippen LogP contribution < -0.4 is 10.2 Å². The summed E-state index contributed by atoms with van der Waals surface area (Å²) < 4.78 is 0. The van der Waals surface area contributed by atoms with E-state index in [1.165, 1.54) is 31.4 Å². The van der Waals surface area contributed by atoms with Crippen LogP contribution in [0.5, 0.6) is 0 Å². The molecular formula is C15H22N2O. The van der Waals surface area contributed by atoms with Crippen LogP contribution in [0.3, 0.4) is 0 Å². The molecule has 0 saturated carbocycles. The van der Waals surface area contributed by atoms with Crippen LogP contribution in [0.15, 0.2) is 24.3 Å². The van der Waals surface area contributed by atoms with Gasteiger partial charge in [0.15, 0.2) is 0 Å². The predicted molar refractivity (Wildman–Crippen MR) is 76.0 cm³/mol. The lowest BCUT2D eigenvalue weighted by atomic mass is 10.2. The zero-order valence-electron chi connectivity index (χ0n) is 11.1. The van der Waals surface area contributed by atoms with Gasteiger partial charge in [-0.05, 0) is 37.1 Å². The maximum Gasteiger partial charge on any atom is 0.224 e. The van der Waals surface area contributed by atoms with E-state index < -0.39 is 0 Å². The summed E-state index contributed by atoms with van der Waals surface area (Å²) in [5, 5.41) is 2.88. The van der Waals surface area contributed by atoms with Crippen molar-refractivity contribution in [1.82, 2.24) is 0 Å². The van der Waals surface area contributed by atoms with Crippen LogP contribution in [0, 0.1) is 0 Å². The van der Waals surface area contributed by atoms with Gasteiger partial charge in [0.05, 0.1) is 0 Å². The first-order chi connectivity index (χ1) is 8.79. The largest absolute Gasteiger partial charge is 0.372 e. The molecule has 0 spiro atoms. The average Bonchev–Trinajstić information content (AvgIpc) is 2.68. The highest BCUT2D eigenvalue weighted by Crippen LogP contribution is 2.21. The third kappa shape index (κ3) is 3.49. The summed E-state index contributed by atoms with van der Waals surface area (Å²) in [7, 11) is 0. The number of carbonyl (C=O) groups is 1. The fourth-order valence-corrected chi connectivity index (χ4v) is 2.33. The van der Waals surface area contributed by atoms with Crippen molar-refractivity contribution in [3.63, 3.8) is 0 Å². The molecule has 18 heavy (non-hydrogen) atoms. The molecule has 1 aliphatic heterocycles. The number of carbonyl (C=O) groups excluding carboxylic acids is 1. The molecular weight excluding hydrogens is 224 g/mol. The highest BCUT2D eigenvalue weighted by molar-refractivity contribution is 5.90. The Morgan fingerprint density at radius 2 is 1.72 bits per heavy atom. The van der Waals surface area contributed by atoms with E-state index in [1.807, 2.05) is 19.1 Å². The highest BCUT2D eigenvalue weighted by atomic mass is 16.1. The molecule has 0 unspecified atom stereocenters. The summed E-state index contributed by atoms with van der Waals surface area (Å²) in [6, 6.07) is 8.20. The minimum atomic E-state index is 0.0672. The highest BCUT2D eigenvalue weighted by Gasteiger charge is 2.09. The summed E-state index contributed by atoms with van der Waals surface area (Å²) in [5.41, 5.74) is 2.16. The summed E-state index contributed by atoms with van der Waals surface area (Å²) in [6.07, 6.45) is 5.79. The van der Waals surface area contributed by atoms with Gasteiger partial charge in [-0.1, -0.05) is 19.8 Å². The van der Waals surface area contributed by atoms with E-state index in [2.05, 4.69) is 22.3 Å². The maximum absolute atomic E-state index is 11.3. The zero-order valence-corrected chi connectivity index (χ0v) is 11.1. The van der Waals surface area contributed by atoms with E-state index in [0.717, 1.165) is 18.8 Å². The molecule has 1 N–H and O–H groups in total. The minimum absolute atomic E-state index is 0.0672. The minimum Gasteiger partial charge on any atom is -0.372 e. The Morgan fingerprint density at radius 1 is 1.11 bits per heavy atom. The van der Waals surface area contributed by atoms with E-state index in [0.29, 0.717) is 6.42 Å². The maximum atomic E-state index is 11.3. The van der Waals surface area contributed by atoms with Crippen LogP contribution in [0.25, 0.3) is 0 Å². The van der Waals surface area contributed by atoms with Gasteiger partial charge in [0.25, 0.3) is 0 Å². The molecule has 3 heteroatoms. The molecule has 1 fully saturated rings. The van der Waals surface area contributed by atoms with Gasteiger partial charge in [0.2, 0.25) is 5.91 Å². The van der Waals surface area contributed by atoms with E-state index in [4.69, 9.17) is 0 Å². The van der Waals surface area contributed by atoms with Crippen LogP contribution in [0.4, 0.5) is 11.4 Å². The topological polar surface area (TPSA) is 32.3 Å². The molecule has 98 valence electrons. The normalized spacial score (nSPS) is 16.2. The van der Waals surface area contributed by atoms with Crippen LogP contribution in [0.2, 0.25) is 0 Å². The molecule has 0 radical (unpaired) electrons. The van der Waals surface area contributed by atoms with Gasteiger partial charge in [-0.2, -0.15) is 0 Å². The van der Waals surface area contributed by atoms with Crippen LogP contribution in [0.1, 0.15) is 39.0 Å². The van der Waals surface area contributed by atoms with Gasteiger partial charge in [-0.25, -0.2) is 0 Å². The first kappa shape index (κ1) is 12.9. The van der Waals surface area contributed by atoms with Gasteiger partial charge in [-0.15, -0.1) is 0 Å². The third-order valence-electron chi connectivity index (χ3n) is 3.44. The quantitative estimate of drug-likeness (QED) is 0.886. The molecule has 1 aliphatic rings. The van der Waals surface area contributed by atoms with E-state index >= 15 is 0 Å². The Kier molecular flexibility index (Phi) is 4.62. The van der Waals surface area contributed by atoms with E-state index in [-0.39, 0.29) is 5.91 Å². The zero-order chi connectivity index (χ0) is 12.8. The second-order valence-electron chi connectivity index (χ2n) is 4.85. The number of hydrogen-bond acceptors (Lipinski definition) is 2. The smallest absolute Gasteiger partial charge is 0.224 e. The lowest BCUT2D eigenvalue weighted by Gasteiger charge is -2.22. The molecule has 1 saturated heterocycles. The van der Waals surface area contributed by atoms with Crippen molar-refractivity contribution in [3.8, 4) is 0 Å². The fraction of sp³-hybridized carbons (Fsp3) is 0.533. The molecule has 0 bridgehead atoms. The van der Waals surface area contributed by atoms with Crippen molar-refractivity contribution >= 4 is 17.3 Å². The SMILES string of the molecule is CCC(=O)Nc1ccc(N2CCCCCC2)cc1. The number of anilines is 2. The van der Waals surface area contributed by atoms with E-state index in [1.54, 1.807) is 0 Å². The number of amides is 1. The molecule has 1 amide bonds. The van der Waals surface area contributed by atoms with Crippen LogP contribution in [-0.2, 0) is 4.79 Å². The Labute approximate surface area is 109 Å². The second kappa shape index (κ2) is 6.43. The number of benzene rings is 1. The lowest BCUT2D eigenvalue weighted by Crippen LogP contribution is -2.23. The lowest BCUT2D eigenvalue weighted by molar-refractivity contribution is -0.115. The molecule has 1 aromatic rings. The Hall–Kier alpha value is -1.51. The predicted octanol–water partition coefficient (Wildman–Crippen LogP) is 3.42. The fourth-order valence-electron chi connectivity index (χ4n) is 2.33. The Morgan fingerprint density at radius 3 is 2.28 bits per heavy atom. The van der Waals surface area contributed by atoms with Gasteiger partial charge in [0, 0.05) is 30.9 Å². The summed E-state index contributed by atoms with van der Waals surface area (Å²) >= 11 is 0. The van der Waals surface area contributed by atoms with Gasteiger partial charge >= 0.3 is 0 Å². The number of hydrogen-bond donors (Lipinski definition) is 1. The van der Waals surface area contributed by atoms with Crippen molar-refractivity contribution in [2.24, 2.45) is 0 Å². The van der Waals surface area contributed by atoms with Crippen molar-refractivity contribution in [2.45, 2.75) is 39.0 Å². The average molecular weight is 246 g/mol. The summed E-state index contributed by atoms with van der Waals surface area (Å²) in [4.78, 5) is 13.7. The van der Waals surface area contributed by atoms with Crippen LogP contribution in [-0.4, -0.2) is 19.0 Å². The first-order valence-electron chi connectivity index (χ1n) is 6.94. The second-order valence-corrected chi connectivity index (χ2v) is 4.85. The molecule has 2 rings (SSSR count). The summed E-state index contributed by atoms with van der Waals surface area (Å²) in [6.45, 7) is 4.17. The van der Waals surface area contributed by atoms with Crippen molar-refractivity contribution in [1.29, 1.82) is 0 Å². The van der Waals surface area contributed by atoms with Crippen molar-refractivity contribution in [2.75, 3.05) is 23.3 Å². The van der Waals surface area contributed by atoms with Gasteiger partial charge < -0.3 is 10.2 Å². The molecule has 0 aromatic heterocycles. The summed E-state index contributed by atoms with van der Waals surface area (Å²) in [5.74, 6) is 0.0672. The van der Waals surface area contributed by atoms with Crippen molar-refractivity contribution in [3.05, 3.63) is 24.3 Å². The third-order valence-corrected chi connectivity index (χ3v) is 3.44. The molecule has 0 atom stereocenters. The molecule has 1 heterocycles. The number of nitrogens with one attached hydrogen (secondary N) is 1. The van der Waals surface area contributed by atoms with Gasteiger partial charge in [-0.3, -0.25) is 4.79 Å². The van der Waals surface area contributed by atoms with Crippen molar-refractivity contribution < 1.29 is 4.79 Å². The molecule has 3 nitrogen and oxygen atoms in total. The molecule has 0 aliphatic carbocycles. The first-order valence-corrected chi connectivity index (χ1v) is 6.94. The standard InChI is InChI=1S/C15H22N2O/c1-2-15(18)16-13-7-9-14(10-8-13)17-11-5-3-4-6-12-17/h7-10H,2-6,11-12H2,1H3,(H,16,18). The monoisotopic (exact) mass is 246 g/mol. The van der Waals surface area contributed by atoms with Crippen LogP contribution >= 0.6 is 0 Å².